The van der Waals surface area contributed by atoms with Crippen molar-refractivity contribution < 1.29 is 9.53 Å². The van der Waals surface area contributed by atoms with E-state index in [-0.39, 0.29) is 12.5 Å². The van der Waals surface area contributed by atoms with E-state index in [0.29, 0.717) is 13.2 Å². The Hall–Kier alpha value is -0.870. The normalized spacial score (nSPS) is 16.6. The van der Waals surface area contributed by atoms with E-state index in [2.05, 4.69) is 35.0 Å². The molecule has 1 saturated heterocycles. The zero-order valence-corrected chi connectivity index (χ0v) is 10.8. The average molecular weight is 284 g/mol. The molecule has 1 heterocycles. The van der Waals surface area contributed by atoms with Gasteiger partial charge in [0.15, 0.2) is 0 Å². The van der Waals surface area contributed by atoms with Crippen molar-refractivity contribution in [1.29, 1.82) is 0 Å². The van der Waals surface area contributed by atoms with Crippen LogP contribution in [0.2, 0.25) is 0 Å². The van der Waals surface area contributed by atoms with Crippen molar-refractivity contribution in [3.63, 3.8) is 0 Å². The van der Waals surface area contributed by atoms with Crippen molar-refractivity contribution in [2.24, 2.45) is 0 Å². The molecule has 0 saturated carbocycles. The van der Waals surface area contributed by atoms with Gasteiger partial charge >= 0.3 is 0 Å². The van der Waals surface area contributed by atoms with Crippen LogP contribution in [-0.4, -0.2) is 25.7 Å². The molecule has 0 unspecified atom stereocenters. The summed E-state index contributed by atoms with van der Waals surface area (Å²) in [5.41, 5.74) is 2.19. The molecule has 1 aliphatic heterocycles. The first kappa shape index (κ1) is 11.6. The van der Waals surface area contributed by atoms with Crippen LogP contribution in [0.3, 0.4) is 0 Å². The number of nitrogens with zero attached hydrogens (tertiary/aromatic N) is 1. The van der Waals surface area contributed by atoms with Gasteiger partial charge < -0.3 is 9.64 Å². The molecule has 4 heteroatoms. The number of ether oxygens (including phenoxy) is 1. The fraction of sp³-hybridized carbons (Fsp3) is 0.417. The summed E-state index contributed by atoms with van der Waals surface area (Å²) in [5, 5.41) is 0. The summed E-state index contributed by atoms with van der Waals surface area (Å²) in [4.78, 5) is 13.5. The Morgan fingerprint density at radius 1 is 1.50 bits per heavy atom. The highest BCUT2D eigenvalue weighted by Crippen LogP contribution is 2.28. The quantitative estimate of drug-likeness (QED) is 0.834. The highest BCUT2D eigenvalue weighted by Gasteiger charge is 2.21. The van der Waals surface area contributed by atoms with Crippen LogP contribution in [0.5, 0.6) is 0 Å². The minimum absolute atomic E-state index is 0.0280. The standard InChI is InChI=1S/C12H14BrNO2/c1-2-9-3-4-10(13)11(7-9)14-5-6-16-8-12(14)15/h3-4,7H,2,5-6,8H2,1H3. The molecule has 0 bridgehead atoms. The van der Waals surface area contributed by atoms with Crippen LogP contribution < -0.4 is 4.90 Å². The predicted octanol–water partition coefficient (Wildman–Crippen LogP) is 2.37. The van der Waals surface area contributed by atoms with Crippen molar-refractivity contribution in [3.05, 3.63) is 28.2 Å². The number of hydrogen-bond acceptors (Lipinski definition) is 2. The lowest BCUT2D eigenvalue weighted by molar-refractivity contribution is -0.125. The molecule has 1 amide bonds. The van der Waals surface area contributed by atoms with E-state index in [0.717, 1.165) is 16.6 Å². The number of carbonyl (C=O) groups is 1. The van der Waals surface area contributed by atoms with Crippen LogP contribution in [0, 0.1) is 0 Å². The molecule has 16 heavy (non-hydrogen) atoms. The van der Waals surface area contributed by atoms with E-state index in [1.807, 2.05) is 6.07 Å². The number of anilines is 1. The SMILES string of the molecule is CCc1ccc(Br)c(N2CCOCC2=O)c1. The Morgan fingerprint density at radius 2 is 2.31 bits per heavy atom. The molecular formula is C12H14BrNO2. The lowest BCUT2D eigenvalue weighted by atomic mass is 10.1. The molecule has 0 spiro atoms. The van der Waals surface area contributed by atoms with Gasteiger partial charge in [0.2, 0.25) is 0 Å². The molecule has 1 aliphatic rings. The number of rotatable bonds is 2. The Kier molecular flexibility index (Phi) is 3.61. The molecule has 86 valence electrons. The second-order valence-corrected chi connectivity index (χ2v) is 4.59. The molecule has 0 atom stereocenters. The number of morpholine rings is 1. The van der Waals surface area contributed by atoms with Crippen LogP contribution in [0.15, 0.2) is 22.7 Å². The predicted molar refractivity (Wildman–Crippen MR) is 66.7 cm³/mol. The molecule has 3 nitrogen and oxygen atoms in total. The summed E-state index contributed by atoms with van der Waals surface area (Å²) in [5.74, 6) is 0.0280. The smallest absolute Gasteiger partial charge is 0.253 e. The minimum atomic E-state index is 0.0280. The maximum Gasteiger partial charge on any atom is 0.253 e. The first-order valence-corrected chi connectivity index (χ1v) is 6.18. The second-order valence-electron chi connectivity index (χ2n) is 3.74. The van der Waals surface area contributed by atoms with Gasteiger partial charge in [-0.2, -0.15) is 0 Å². The van der Waals surface area contributed by atoms with Crippen LogP contribution >= 0.6 is 15.9 Å². The van der Waals surface area contributed by atoms with Gasteiger partial charge in [-0.1, -0.05) is 13.0 Å². The van der Waals surface area contributed by atoms with E-state index in [4.69, 9.17) is 4.74 Å². The monoisotopic (exact) mass is 283 g/mol. The van der Waals surface area contributed by atoms with Crippen molar-refractivity contribution in [2.45, 2.75) is 13.3 Å². The van der Waals surface area contributed by atoms with Gasteiger partial charge in [-0.3, -0.25) is 4.79 Å². The number of benzene rings is 1. The van der Waals surface area contributed by atoms with Gasteiger partial charge in [0.05, 0.1) is 12.3 Å². The first-order valence-electron chi connectivity index (χ1n) is 5.39. The fourth-order valence-electron chi connectivity index (χ4n) is 1.76. The van der Waals surface area contributed by atoms with E-state index >= 15 is 0 Å². The van der Waals surface area contributed by atoms with Crippen molar-refractivity contribution in [3.8, 4) is 0 Å². The lowest BCUT2D eigenvalue weighted by Crippen LogP contribution is -2.41. The maximum atomic E-state index is 11.7. The summed E-state index contributed by atoms with van der Waals surface area (Å²) in [7, 11) is 0. The Balaban J connectivity index is 2.33. The number of halogens is 1. The average Bonchev–Trinajstić information content (AvgIpc) is 2.31. The topological polar surface area (TPSA) is 29.5 Å². The molecule has 2 rings (SSSR count). The van der Waals surface area contributed by atoms with Gasteiger partial charge in [0.25, 0.3) is 5.91 Å². The summed E-state index contributed by atoms with van der Waals surface area (Å²) in [6.07, 6.45) is 0.971. The highest BCUT2D eigenvalue weighted by atomic mass is 79.9. The number of hydrogen-bond donors (Lipinski definition) is 0. The third-order valence-corrected chi connectivity index (χ3v) is 3.37. The zero-order valence-electron chi connectivity index (χ0n) is 9.20. The van der Waals surface area contributed by atoms with Crippen LogP contribution in [-0.2, 0) is 16.0 Å². The van der Waals surface area contributed by atoms with E-state index in [1.54, 1.807) is 4.90 Å². The molecule has 1 aromatic carbocycles. The molecule has 0 aromatic heterocycles. The number of aryl methyl sites for hydroxylation is 1. The zero-order chi connectivity index (χ0) is 11.5. The van der Waals surface area contributed by atoms with Gasteiger partial charge in [-0.25, -0.2) is 0 Å². The third-order valence-electron chi connectivity index (χ3n) is 2.70. The van der Waals surface area contributed by atoms with Crippen molar-refractivity contribution in [1.82, 2.24) is 0 Å². The van der Waals surface area contributed by atoms with E-state index in [9.17, 15) is 4.79 Å². The first-order chi connectivity index (χ1) is 7.72. The summed E-state index contributed by atoms with van der Waals surface area (Å²) >= 11 is 3.49. The van der Waals surface area contributed by atoms with Crippen molar-refractivity contribution in [2.75, 3.05) is 24.7 Å². The van der Waals surface area contributed by atoms with E-state index < -0.39 is 0 Å². The van der Waals surface area contributed by atoms with Crippen LogP contribution in [0.25, 0.3) is 0 Å². The molecule has 0 aliphatic carbocycles. The van der Waals surface area contributed by atoms with Crippen LogP contribution in [0.4, 0.5) is 5.69 Å². The minimum Gasteiger partial charge on any atom is -0.370 e. The maximum absolute atomic E-state index is 11.7. The van der Waals surface area contributed by atoms with Gasteiger partial charge in [0.1, 0.15) is 6.61 Å². The molecule has 0 radical (unpaired) electrons. The largest absolute Gasteiger partial charge is 0.370 e. The van der Waals surface area contributed by atoms with Gasteiger partial charge in [-0.15, -0.1) is 0 Å². The highest BCUT2D eigenvalue weighted by molar-refractivity contribution is 9.10. The fourth-order valence-corrected chi connectivity index (χ4v) is 2.22. The van der Waals surface area contributed by atoms with E-state index in [1.165, 1.54) is 5.56 Å². The Labute approximate surface area is 104 Å². The lowest BCUT2D eigenvalue weighted by Gasteiger charge is -2.28. The Bertz CT molecular complexity index is 406. The third kappa shape index (κ3) is 2.28. The molecule has 1 fully saturated rings. The summed E-state index contributed by atoms with van der Waals surface area (Å²) < 4.78 is 6.08. The second kappa shape index (κ2) is 4.97. The van der Waals surface area contributed by atoms with Crippen LogP contribution in [0.1, 0.15) is 12.5 Å². The molecule has 0 N–H and O–H groups in total. The summed E-state index contributed by atoms with van der Waals surface area (Å²) in [6.45, 7) is 3.52. The number of carbonyl (C=O) groups excluding carboxylic acids is 1. The molecule has 1 aromatic rings. The molecular weight excluding hydrogens is 270 g/mol. The van der Waals surface area contributed by atoms with Gasteiger partial charge in [0, 0.05) is 11.0 Å². The number of amides is 1. The van der Waals surface area contributed by atoms with Gasteiger partial charge in [-0.05, 0) is 40.0 Å². The summed E-state index contributed by atoms with van der Waals surface area (Å²) in [6, 6.07) is 6.13. The van der Waals surface area contributed by atoms with Crippen molar-refractivity contribution >= 4 is 27.5 Å². The Morgan fingerprint density at radius 3 is 3.00 bits per heavy atom.